The molecule has 2 heterocycles. The Morgan fingerprint density at radius 2 is 2.44 bits per heavy atom. The molecule has 6 nitrogen and oxygen atoms in total. The molecule has 0 radical (unpaired) electrons. The highest BCUT2D eigenvalue weighted by atomic mass is 16.5. The van der Waals surface area contributed by atoms with Gasteiger partial charge in [-0.3, -0.25) is 9.69 Å². The fourth-order valence-corrected chi connectivity index (χ4v) is 2.15. The monoisotopic (exact) mass is 252 g/mol. The molecule has 1 aliphatic rings. The first kappa shape index (κ1) is 13.0. The number of carbonyl (C=O) groups excluding carboxylic acids is 1. The molecule has 0 aromatic carbocycles. The van der Waals surface area contributed by atoms with Crippen molar-refractivity contribution in [2.24, 2.45) is 0 Å². The van der Waals surface area contributed by atoms with Gasteiger partial charge in [0.05, 0.1) is 12.9 Å². The molecular formula is C12H20N4O2. The van der Waals surface area contributed by atoms with Crippen molar-refractivity contribution in [1.29, 1.82) is 0 Å². The van der Waals surface area contributed by atoms with E-state index in [0.717, 1.165) is 26.2 Å². The number of nitrogens with zero attached hydrogens (tertiary/aromatic N) is 3. The van der Waals surface area contributed by atoms with Crippen molar-refractivity contribution in [2.45, 2.75) is 19.5 Å². The Labute approximate surface area is 107 Å². The second-order valence-electron chi connectivity index (χ2n) is 4.31. The molecule has 1 N–H and O–H groups in total. The van der Waals surface area contributed by atoms with E-state index in [1.165, 1.54) is 0 Å². The van der Waals surface area contributed by atoms with Crippen LogP contribution in [0.5, 0.6) is 0 Å². The Hall–Kier alpha value is -1.40. The molecule has 0 amide bonds. The van der Waals surface area contributed by atoms with Gasteiger partial charge in [-0.1, -0.05) is 0 Å². The quantitative estimate of drug-likeness (QED) is 0.730. The number of ether oxygens (including phenoxy) is 1. The Morgan fingerprint density at radius 1 is 1.56 bits per heavy atom. The number of imidazole rings is 1. The molecule has 1 unspecified atom stereocenters. The summed E-state index contributed by atoms with van der Waals surface area (Å²) in [6, 6.07) is -0.165. The van der Waals surface area contributed by atoms with Crippen molar-refractivity contribution >= 4 is 5.97 Å². The topological polar surface area (TPSA) is 59.4 Å². The summed E-state index contributed by atoms with van der Waals surface area (Å²) in [4.78, 5) is 18.0. The van der Waals surface area contributed by atoms with E-state index in [-0.39, 0.29) is 12.0 Å². The Kier molecular flexibility index (Phi) is 4.72. The van der Waals surface area contributed by atoms with Crippen molar-refractivity contribution < 1.29 is 9.53 Å². The molecule has 1 aliphatic heterocycles. The molecule has 1 aromatic rings. The number of piperazine rings is 1. The summed E-state index contributed by atoms with van der Waals surface area (Å²) in [6.07, 6.45) is 5.49. The number of rotatable bonds is 5. The molecule has 2 rings (SSSR count). The largest absolute Gasteiger partial charge is 0.465 e. The average Bonchev–Trinajstić information content (AvgIpc) is 2.90. The van der Waals surface area contributed by atoms with Gasteiger partial charge < -0.3 is 14.6 Å². The maximum absolute atomic E-state index is 11.8. The van der Waals surface area contributed by atoms with Crippen molar-refractivity contribution in [2.75, 3.05) is 32.8 Å². The molecule has 0 saturated carbocycles. The predicted octanol–water partition coefficient (Wildman–Crippen LogP) is -0.280. The molecule has 0 spiro atoms. The SMILES string of the molecule is CCOC(=O)C1CNCCN1CCn1ccnc1. The molecule has 100 valence electrons. The number of nitrogens with one attached hydrogen (secondary N) is 1. The zero-order chi connectivity index (χ0) is 12.8. The third-order valence-corrected chi connectivity index (χ3v) is 3.12. The Balaban J connectivity index is 1.89. The predicted molar refractivity (Wildman–Crippen MR) is 67.1 cm³/mol. The third kappa shape index (κ3) is 3.30. The van der Waals surface area contributed by atoms with Gasteiger partial charge in [0.15, 0.2) is 0 Å². The smallest absolute Gasteiger partial charge is 0.324 e. The van der Waals surface area contributed by atoms with Crippen molar-refractivity contribution in [1.82, 2.24) is 19.8 Å². The van der Waals surface area contributed by atoms with Crippen molar-refractivity contribution in [3.8, 4) is 0 Å². The zero-order valence-corrected chi connectivity index (χ0v) is 10.7. The van der Waals surface area contributed by atoms with Crippen LogP contribution >= 0.6 is 0 Å². The van der Waals surface area contributed by atoms with Crippen LogP contribution in [0.15, 0.2) is 18.7 Å². The van der Waals surface area contributed by atoms with E-state index in [2.05, 4.69) is 15.2 Å². The highest BCUT2D eigenvalue weighted by Gasteiger charge is 2.29. The lowest BCUT2D eigenvalue weighted by Gasteiger charge is -2.34. The molecule has 0 aliphatic carbocycles. The van der Waals surface area contributed by atoms with Gasteiger partial charge in [0.2, 0.25) is 0 Å². The van der Waals surface area contributed by atoms with Crippen LogP contribution in [0.2, 0.25) is 0 Å². The van der Waals surface area contributed by atoms with E-state index in [1.807, 2.05) is 17.7 Å². The molecular weight excluding hydrogens is 232 g/mol. The standard InChI is InChI=1S/C12H20N4O2/c1-2-18-12(17)11-9-13-4-6-16(11)8-7-15-5-3-14-10-15/h3,5,10-11,13H,2,4,6-9H2,1H3. The summed E-state index contributed by atoms with van der Waals surface area (Å²) >= 11 is 0. The molecule has 1 atom stereocenters. The first-order valence-corrected chi connectivity index (χ1v) is 6.38. The minimum absolute atomic E-state index is 0.129. The lowest BCUT2D eigenvalue weighted by atomic mass is 10.2. The van der Waals surface area contributed by atoms with Gasteiger partial charge in [0.25, 0.3) is 0 Å². The summed E-state index contributed by atoms with van der Waals surface area (Å²) in [5.41, 5.74) is 0. The second kappa shape index (κ2) is 6.51. The van der Waals surface area contributed by atoms with Crippen LogP contribution in [-0.4, -0.2) is 59.2 Å². The zero-order valence-electron chi connectivity index (χ0n) is 10.7. The van der Waals surface area contributed by atoms with Gasteiger partial charge in [-0.2, -0.15) is 0 Å². The minimum atomic E-state index is -0.165. The first-order valence-electron chi connectivity index (χ1n) is 6.38. The lowest BCUT2D eigenvalue weighted by Crippen LogP contribution is -2.56. The third-order valence-electron chi connectivity index (χ3n) is 3.12. The molecule has 6 heteroatoms. The number of carbonyl (C=O) groups is 1. The summed E-state index contributed by atoms with van der Waals surface area (Å²) in [7, 11) is 0. The summed E-state index contributed by atoms with van der Waals surface area (Å²) < 4.78 is 7.13. The fraction of sp³-hybridized carbons (Fsp3) is 0.667. The van der Waals surface area contributed by atoms with E-state index in [1.54, 1.807) is 12.5 Å². The molecule has 1 saturated heterocycles. The minimum Gasteiger partial charge on any atom is -0.465 e. The second-order valence-corrected chi connectivity index (χ2v) is 4.31. The van der Waals surface area contributed by atoms with E-state index < -0.39 is 0 Å². The maximum Gasteiger partial charge on any atom is 0.324 e. The number of aromatic nitrogens is 2. The van der Waals surface area contributed by atoms with Crippen LogP contribution < -0.4 is 5.32 Å². The van der Waals surface area contributed by atoms with Crippen LogP contribution in [0.3, 0.4) is 0 Å². The molecule has 1 aromatic heterocycles. The summed E-state index contributed by atoms with van der Waals surface area (Å²) in [6.45, 7) is 6.41. The van der Waals surface area contributed by atoms with E-state index in [4.69, 9.17) is 4.74 Å². The van der Waals surface area contributed by atoms with Gasteiger partial charge in [0, 0.05) is 45.1 Å². The van der Waals surface area contributed by atoms with Crippen LogP contribution in [0.25, 0.3) is 0 Å². The maximum atomic E-state index is 11.8. The first-order chi connectivity index (χ1) is 8.81. The fourth-order valence-electron chi connectivity index (χ4n) is 2.15. The van der Waals surface area contributed by atoms with Crippen LogP contribution in [-0.2, 0) is 16.1 Å². The number of hydrogen-bond acceptors (Lipinski definition) is 5. The highest BCUT2D eigenvalue weighted by Crippen LogP contribution is 2.06. The Bertz CT molecular complexity index is 366. The van der Waals surface area contributed by atoms with Crippen LogP contribution in [0.1, 0.15) is 6.92 Å². The van der Waals surface area contributed by atoms with Gasteiger partial charge in [0.1, 0.15) is 6.04 Å². The average molecular weight is 252 g/mol. The number of hydrogen-bond donors (Lipinski definition) is 1. The van der Waals surface area contributed by atoms with Crippen LogP contribution in [0.4, 0.5) is 0 Å². The van der Waals surface area contributed by atoms with Crippen LogP contribution in [0, 0.1) is 0 Å². The van der Waals surface area contributed by atoms with Crippen molar-refractivity contribution in [3.63, 3.8) is 0 Å². The van der Waals surface area contributed by atoms with Gasteiger partial charge in [-0.05, 0) is 6.92 Å². The molecule has 18 heavy (non-hydrogen) atoms. The molecule has 1 fully saturated rings. The van der Waals surface area contributed by atoms with E-state index >= 15 is 0 Å². The summed E-state index contributed by atoms with van der Waals surface area (Å²) in [5, 5.41) is 3.24. The van der Waals surface area contributed by atoms with Gasteiger partial charge in [-0.15, -0.1) is 0 Å². The van der Waals surface area contributed by atoms with Gasteiger partial charge >= 0.3 is 5.97 Å². The Morgan fingerprint density at radius 3 is 3.17 bits per heavy atom. The van der Waals surface area contributed by atoms with E-state index in [0.29, 0.717) is 13.2 Å². The summed E-state index contributed by atoms with van der Waals surface area (Å²) in [5.74, 6) is -0.129. The molecule has 0 bridgehead atoms. The number of esters is 1. The van der Waals surface area contributed by atoms with Gasteiger partial charge in [-0.25, -0.2) is 4.98 Å². The normalized spacial score (nSPS) is 20.8. The lowest BCUT2D eigenvalue weighted by molar-refractivity contribution is -0.150. The van der Waals surface area contributed by atoms with Crippen molar-refractivity contribution in [3.05, 3.63) is 18.7 Å². The van der Waals surface area contributed by atoms with E-state index in [9.17, 15) is 4.79 Å². The highest BCUT2D eigenvalue weighted by molar-refractivity contribution is 5.76.